The van der Waals surface area contributed by atoms with E-state index in [-0.39, 0.29) is 12.0 Å². The van der Waals surface area contributed by atoms with Gasteiger partial charge in [0.05, 0.1) is 6.61 Å². The number of aromatic nitrogens is 1. The number of aliphatic hydroxyl groups is 1. The highest BCUT2D eigenvalue weighted by molar-refractivity contribution is 6.29. The van der Waals surface area contributed by atoms with Gasteiger partial charge in [0, 0.05) is 37.9 Å². The van der Waals surface area contributed by atoms with E-state index in [1.807, 2.05) is 6.07 Å². The summed E-state index contributed by atoms with van der Waals surface area (Å²) in [5.74, 6) is 0. The highest BCUT2D eigenvalue weighted by Crippen LogP contribution is 2.31. The van der Waals surface area contributed by atoms with Gasteiger partial charge in [0.1, 0.15) is 5.15 Å². The van der Waals surface area contributed by atoms with Gasteiger partial charge in [-0.25, -0.2) is 4.98 Å². The number of hydrogen-bond donors (Lipinski definition) is 2. The Bertz CT molecular complexity index is 364. The maximum Gasteiger partial charge on any atom is 0.129 e. The average molecular weight is 271 g/mol. The molecule has 1 unspecified atom stereocenters. The molecule has 2 rings (SSSR count). The molecule has 4 nitrogen and oxygen atoms in total. The van der Waals surface area contributed by atoms with E-state index in [0.29, 0.717) is 5.15 Å². The Morgan fingerprint density at radius 1 is 1.50 bits per heavy atom. The minimum atomic E-state index is 0.0919. The molecule has 0 spiro atoms. The van der Waals surface area contributed by atoms with Gasteiger partial charge >= 0.3 is 0 Å². The van der Waals surface area contributed by atoms with Crippen LogP contribution in [0.25, 0.3) is 0 Å². The quantitative estimate of drug-likeness (QED) is 0.772. The molecule has 0 saturated carbocycles. The second-order valence-electron chi connectivity index (χ2n) is 4.87. The largest absolute Gasteiger partial charge is 0.396 e. The summed E-state index contributed by atoms with van der Waals surface area (Å²) in [5.41, 5.74) is 1.20. The molecule has 1 fully saturated rings. The van der Waals surface area contributed by atoms with Crippen LogP contribution in [-0.4, -0.2) is 36.5 Å². The normalized spacial score (nSPS) is 23.4. The van der Waals surface area contributed by atoms with Gasteiger partial charge < -0.3 is 15.2 Å². The van der Waals surface area contributed by atoms with Crippen molar-refractivity contribution in [1.82, 2.24) is 10.3 Å². The molecular weight excluding hydrogens is 252 g/mol. The standard InChI is InChI=1S/C13H19ClN2O2/c14-12-2-1-11(8-16-12)7-15-9-13(3-5-17)4-6-18-10-13/h1-2,8,15,17H,3-7,9-10H2. The van der Waals surface area contributed by atoms with Gasteiger partial charge in [-0.1, -0.05) is 17.7 Å². The van der Waals surface area contributed by atoms with Crippen LogP contribution in [0.3, 0.4) is 0 Å². The first-order valence-electron chi connectivity index (χ1n) is 6.24. The van der Waals surface area contributed by atoms with Crippen LogP contribution < -0.4 is 5.32 Å². The van der Waals surface area contributed by atoms with Gasteiger partial charge in [0.25, 0.3) is 0 Å². The smallest absolute Gasteiger partial charge is 0.129 e. The fourth-order valence-electron chi connectivity index (χ4n) is 2.29. The third kappa shape index (κ3) is 3.65. The first-order chi connectivity index (χ1) is 8.74. The van der Waals surface area contributed by atoms with Crippen LogP contribution in [0.15, 0.2) is 18.3 Å². The summed E-state index contributed by atoms with van der Waals surface area (Å²) in [5, 5.41) is 13.1. The molecule has 18 heavy (non-hydrogen) atoms. The van der Waals surface area contributed by atoms with Gasteiger partial charge in [-0.15, -0.1) is 0 Å². The van der Waals surface area contributed by atoms with E-state index in [0.717, 1.165) is 44.7 Å². The van der Waals surface area contributed by atoms with Crippen LogP contribution >= 0.6 is 11.6 Å². The van der Waals surface area contributed by atoms with Crippen molar-refractivity contribution in [1.29, 1.82) is 0 Å². The van der Waals surface area contributed by atoms with Crippen molar-refractivity contribution in [2.75, 3.05) is 26.4 Å². The van der Waals surface area contributed by atoms with Crippen LogP contribution in [-0.2, 0) is 11.3 Å². The maximum atomic E-state index is 9.13. The molecule has 1 aliphatic rings. The summed E-state index contributed by atoms with van der Waals surface area (Å²) < 4.78 is 5.45. The number of nitrogens with zero attached hydrogens (tertiary/aromatic N) is 1. The number of pyridine rings is 1. The van der Waals surface area contributed by atoms with E-state index in [1.54, 1.807) is 12.3 Å². The molecule has 1 saturated heterocycles. The summed E-state index contributed by atoms with van der Waals surface area (Å²) >= 11 is 5.74. The first kappa shape index (κ1) is 13.7. The molecular formula is C13H19ClN2O2. The van der Waals surface area contributed by atoms with Crippen LogP contribution in [0.4, 0.5) is 0 Å². The Hall–Kier alpha value is -0.680. The molecule has 0 radical (unpaired) electrons. The summed E-state index contributed by atoms with van der Waals surface area (Å²) in [6.07, 6.45) is 3.58. The van der Waals surface area contributed by atoms with Crippen molar-refractivity contribution >= 4 is 11.6 Å². The highest BCUT2D eigenvalue weighted by Gasteiger charge is 2.33. The van der Waals surface area contributed by atoms with Crippen molar-refractivity contribution in [3.8, 4) is 0 Å². The lowest BCUT2D eigenvalue weighted by Crippen LogP contribution is -2.35. The lowest BCUT2D eigenvalue weighted by atomic mass is 9.84. The number of ether oxygens (including phenoxy) is 1. The van der Waals surface area contributed by atoms with Crippen molar-refractivity contribution in [2.45, 2.75) is 19.4 Å². The van der Waals surface area contributed by atoms with Gasteiger partial charge in [0.15, 0.2) is 0 Å². The zero-order valence-electron chi connectivity index (χ0n) is 10.4. The second kappa shape index (κ2) is 6.48. The van der Waals surface area contributed by atoms with E-state index in [2.05, 4.69) is 10.3 Å². The molecule has 2 heterocycles. The Morgan fingerprint density at radius 3 is 3.00 bits per heavy atom. The van der Waals surface area contributed by atoms with E-state index in [1.165, 1.54) is 0 Å². The molecule has 2 N–H and O–H groups in total. The topological polar surface area (TPSA) is 54.4 Å². The third-order valence-electron chi connectivity index (χ3n) is 3.44. The SMILES string of the molecule is OCCC1(CNCc2ccc(Cl)nc2)CCOC1. The molecule has 0 bridgehead atoms. The van der Waals surface area contributed by atoms with E-state index >= 15 is 0 Å². The molecule has 1 atom stereocenters. The molecule has 1 aliphatic heterocycles. The molecule has 100 valence electrons. The predicted molar refractivity (Wildman–Crippen MR) is 70.5 cm³/mol. The van der Waals surface area contributed by atoms with Gasteiger partial charge in [-0.05, 0) is 24.5 Å². The zero-order valence-corrected chi connectivity index (χ0v) is 11.1. The van der Waals surface area contributed by atoms with E-state index < -0.39 is 0 Å². The Kier molecular flexibility index (Phi) is 4.95. The fraction of sp³-hybridized carbons (Fsp3) is 0.615. The maximum absolute atomic E-state index is 9.13. The number of halogens is 1. The predicted octanol–water partition coefficient (Wildman–Crippen LogP) is 1.61. The number of aliphatic hydroxyl groups excluding tert-OH is 1. The third-order valence-corrected chi connectivity index (χ3v) is 3.67. The second-order valence-corrected chi connectivity index (χ2v) is 5.26. The molecule has 0 amide bonds. The van der Waals surface area contributed by atoms with Crippen molar-refractivity contribution < 1.29 is 9.84 Å². The number of nitrogens with one attached hydrogen (secondary N) is 1. The molecule has 5 heteroatoms. The van der Waals surface area contributed by atoms with E-state index in [4.69, 9.17) is 21.4 Å². The van der Waals surface area contributed by atoms with Crippen LogP contribution in [0.1, 0.15) is 18.4 Å². The summed E-state index contributed by atoms with van der Waals surface area (Å²) in [7, 11) is 0. The van der Waals surface area contributed by atoms with Crippen molar-refractivity contribution in [3.05, 3.63) is 29.0 Å². The van der Waals surface area contributed by atoms with Crippen LogP contribution in [0.2, 0.25) is 5.15 Å². The fourth-order valence-corrected chi connectivity index (χ4v) is 2.41. The molecule has 1 aromatic heterocycles. The van der Waals surface area contributed by atoms with Crippen LogP contribution in [0, 0.1) is 5.41 Å². The van der Waals surface area contributed by atoms with Gasteiger partial charge in [-0.3, -0.25) is 0 Å². The van der Waals surface area contributed by atoms with Gasteiger partial charge in [0.2, 0.25) is 0 Å². The average Bonchev–Trinajstić information content (AvgIpc) is 2.81. The Balaban J connectivity index is 1.81. The Labute approximate surface area is 112 Å². The number of hydrogen-bond acceptors (Lipinski definition) is 4. The molecule has 1 aromatic rings. The summed E-state index contributed by atoms with van der Waals surface area (Å²) in [6.45, 7) is 3.37. The first-order valence-corrected chi connectivity index (χ1v) is 6.62. The molecule has 0 aliphatic carbocycles. The minimum absolute atomic E-state index is 0.0919. The molecule has 0 aromatic carbocycles. The minimum Gasteiger partial charge on any atom is -0.396 e. The zero-order chi connectivity index (χ0) is 12.8. The summed E-state index contributed by atoms with van der Waals surface area (Å²) in [6, 6.07) is 3.76. The lowest BCUT2D eigenvalue weighted by molar-refractivity contribution is 0.124. The van der Waals surface area contributed by atoms with Crippen molar-refractivity contribution in [3.63, 3.8) is 0 Å². The van der Waals surface area contributed by atoms with Crippen LogP contribution in [0.5, 0.6) is 0 Å². The van der Waals surface area contributed by atoms with Crippen molar-refractivity contribution in [2.24, 2.45) is 5.41 Å². The van der Waals surface area contributed by atoms with E-state index in [9.17, 15) is 0 Å². The lowest BCUT2D eigenvalue weighted by Gasteiger charge is -2.26. The Morgan fingerprint density at radius 2 is 2.39 bits per heavy atom. The number of rotatable bonds is 6. The monoisotopic (exact) mass is 270 g/mol. The highest BCUT2D eigenvalue weighted by atomic mass is 35.5. The summed E-state index contributed by atoms with van der Waals surface area (Å²) in [4.78, 5) is 4.04. The van der Waals surface area contributed by atoms with Gasteiger partial charge in [-0.2, -0.15) is 0 Å².